The van der Waals surface area contributed by atoms with E-state index in [0.29, 0.717) is 77.0 Å². The molecule has 1 spiro atoms. The Hall–Kier alpha value is -3.95. The van der Waals surface area contributed by atoms with Gasteiger partial charge in [-0.15, -0.1) is 0 Å². The molecule has 2 fully saturated rings. The van der Waals surface area contributed by atoms with E-state index in [-0.39, 0.29) is 30.1 Å². The number of aliphatic hydroxyl groups is 1. The van der Waals surface area contributed by atoms with Gasteiger partial charge in [0.25, 0.3) is 5.91 Å². The maximum atomic E-state index is 12.7. The van der Waals surface area contributed by atoms with Crippen LogP contribution in [0.4, 0.5) is 10.6 Å². The fourth-order valence-electron chi connectivity index (χ4n) is 6.77. The quantitative estimate of drug-likeness (QED) is 0.172. The number of hydrogen-bond acceptors (Lipinski definition) is 11. The number of piperidine rings is 1. The Balaban J connectivity index is 1.15. The summed E-state index contributed by atoms with van der Waals surface area (Å²) >= 11 is 8.30. The van der Waals surface area contributed by atoms with Crippen molar-refractivity contribution in [3.8, 4) is 11.3 Å². The van der Waals surface area contributed by atoms with Crippen molar-refractivity contribution in [1.82, 2.24) is 30.0 Å². The van der Waals surface area contributed by atoms with Crippen LogP contribution < -0.4 is 15.5 Å². The standard InChI is InChI=1S/C37H46ClN7O6S/c1-22-34(52-28-11-15-45-19-26(41-32(45)29(28)38)24-7-9-25(10-8-24)33(47)39-14-18-49-6)42-27(20-46)31(40-22)44-16-12-37(13-17-44)21-50-23(2)30(37)43-35(48)51-36(3,4)5/h7-11,15,19,23,30,46H,12-14,16-18,20-21H2,1-6H3,(H,39,47)(H,43,48)/t23-,30+/m0/s1. The largest absolute Gasteiger partial charge is 0.444 e. The van der Waals surface area contributed by atoms with Gasteiger partial charge in [-0.2, -0.15) is 0 Å². The number of halogens is 1. The normalized spacial score (nSPS) is 18.6. The van der Waals surface area contributed by atoms with Crippen molar-refractivity contribution in [3.63, 3.8) is 0 Å². The number of nitrogens with zero attached hydrogens (tertiary/aromatic N) is 5. The van der Waals surface area contributed by atoms with Crippen molar-refractivity contribution in [2.45, 2.75) is 81.7 Å². The van der Waals surface area contributed by atoms with Crippen LogP contribution in [0.25, 0.3) is 16.9 Å². The summed E-state index contributed by atoms with van der Waals surface area (Å²) in [5.74, 6) is 0.487. The number of aliphatic hydroxyl groups excluding tert-OH is 1. The van der Waals surface area contributed by atoms with Crippen molar-refractivity contribution in [3.05, 3.63) is 64.7 Å². The fraction of sp³-hybridized carbons (Fsp3) is 0.486. The second-order valence-corrected chi connectivity index (χ2v) is 15.7. The topological polar surface area (TPSA) is 152 Å². The summed E-state index contributed by atoms with van der Waals surface area (Å²) in [5, 5.41) is 17.4. The Morgan fingerprint density at radius 1 is 1.13 bits per heavy atom. The van der Waals surface area contributed by atoms with Crippen LogP contribution in [0.2, 0.25) is 5.02 Å². The summed E-state index contributed by atoms with van der Waals surface area (Å²) in [4.78, 5) is 42.6. The van der Waals surface area contributed by atoms with Crippen LogP contribution in [0.15, 0.2) is 52.6 Å². The molecule has 52 heavy (non-hydrogen) atoms. The first-order valence-corrected chi connectivity index (χ1v) is 18.6. The Morgan fingerprint density at radius 2 is 1.87 bits per heavy atom. The van der Waals surface area contributed by atoms with Crippen molar-refractivity contribution < 1.29 is 28.9 Å². The van der Waals surface area contributed by atoms with E-state index in [0.717, 1.165) is 23.3 Å². The number of amides is 2. The minimum absolute atomic E-state index is 0.136. The molecule has 5 heterocycles. The number of anilines is 1. The first kappa shape index (κ1) is 37.8. The van der Waals surface area contributed by atoms with Gasteiger partial charge < -0.3 is 39.3 Å². The van der Waals surface area contributed by atoms with Gasteiger partial charge in [0.15, 0.2) is 11.5 Å². The Morgan fingerprint density at radius 3 is 2.54 bits per heavy atom. The van der Waals surface area contributed by atoms with Crippen LogP contribution in [-0.2, 0) is 20.8 Å². The molecule has 0 bridgehead atoms. The van der Waals surface area contributed by atoms with Crippen LogP contribution in [0, 0.1) is 12.3 Å². The lowest BCUT2D eigenvalue weighted by Gasteiger charge is -2.43. The number of nitrogens with one attached hydrogen (secondary N) is 2. The lowest BCUT2D eigenvalue weighted by atomic mass is 9.73. The second-order valence-electron chi connectivity index (χ2n) is 14.3. The highest BCUT2D eigenvalue weighted by Crippen LogP contribution is 2.44. The van der Waals surface area contributed by atoms with Gasteiger partial charge in [-0.3, -0.25) is 4.79 Å². The molecule has 3 aromatic heterocycles. The van der Waals surface area contributed by atoms with Gasteiger partial charge >= 0.3 is 6.09 Å². The number of imidazole rings is 1. The van der Waals surface area contributed by atoms with Crippen LogP contribution in [0.5, 0.6) is 0 Å². The van der Waals surface area contributed by atoms with Crippen LogP contribution in [-0.4, -0.2) is 94.2 Å². The zero-order valence-corrected chi connectivity index (χ0v) is 31.9. The number of carbonyl (C=O) groups excluding carboxylic acids is 2. The highest BCUT2D eigenvalue weighted by Gasteiger charge is 2.50. The zero-order chi connectivity index (χ0) is 37.2. The predicted octanol–water partition coefficient (Wildman–Crippen LogP) is 5.67. The molecule has 2 aliphatic heterocycles. The average molecular weight is 752 g/mol. The van der Waals surface area contributed by atoms with Crippen molar-refractivity contribution in [1.29, 1.82) is 0 Å². The van der Waals surface area contributed by atoms with Crippen LogP contribution in [0.1, 0.15) is 62.3 Å². The molecule has 0 unspecified atom stereocenters. The number of ether oxygens (including phenoxy) is 3. The first-order chi connectivity index (χ1) is 24.8. The van der Waals surface area contributed by atoms with E-state index in [4.69, 9.17) is 40.8 Å². The lowest BCUT2D eigenvalue weighted by Crippen LogP contribution is -2.55. The van der Waals surface area contributed by atoms with Gasteiger partial charge in [0, 0.05) is 60.6 Å². The summed E-state index contributed by atoms with van der Waals surface area (Å²) in [5.41, 5.74) is 3.08. The molecular formula is C37H46ClN7O6S. The summed E-state index contributed by atoms with van der Waals surface area (Å²) in [6.07, 6.45) is 4.76. The fourth-order valence-corrected chi connectivity index (χ4v) is 7.96. The number of hydrogen-bond donors (Lipinski definition) is 3. The Bertz CT molecular complexity index is 1920. The summed E-state index contributed by atoms with van der Waals surface area (Å²) in [6.45, 7) is 11.9. The smallest absolute Gasteiger partial charge is 0.407 e. The number of aryl methyl sites for hydroxylation is 1. The third kappa shape index (κ3) is 8.16. The molecule has 4 aromatic rings. The predicted molar refractivity (Wildman–Crippen MR) is 199 cm³/mol. The average Bonchev–Trinajstić information content (AvgIpc) is 3.68. The van der Waals surface area contributed by atoms with E-state index in [2.05, 4.69) is 15.5 Å². The molecule has 278 valence electrons. The molecule has 2 amide bonds. The molecule has 0 saturated carbocycles. The maximum Gasteiger partial charge on any atom is 0.407 e. The highest BCUT2D eigenvalue weighted by atomic mass is 35.5. The summed E-state index contributed by atoms with van der Waals surface area (Å²) < 4.78 is 18.5. The molecule has 13 nitrogen and oxygen atoms in total. The van der Waals surface area contributed by atoms with Gasteiger partial charge in [-0.05, 0) is 65.7 Å². The minimum Gasteiger partial charge on any atom is -0.444 e. The SMILES string of the molecule is COCCNC(=O)c1ccc(-c2cn3ccc(Sc4nc(CO)c(N5CCC6(CC5)CO[C@@H](C)[C@H]6NC(=O)OC(C)(C)C)nc4C)c(Cl)c3n2)cc1. The monoisotopic (exact) mass is 751 g/mol. The van der Waals surface area contributed by atoms with Crippen molar-refractivity contribution >= 4 is 46.8 Å². The molecule has 15 heteroatoms. The molecule has 2 aliphatic rings. The zero-order valence-electron chi connectivity index (χ0n) is 30.4. The molecule has 6 rings (SSSR count). The van der Waals surface area contributed by atoms with Gasteiger partial charge in [0.1, 0.15) is 16.3 Å². The van der Waals surface area contributed by atoms with E-state index in [1.165, 1.54) is 11.8 Å². The highest BCUT2D eigenvalue weighted by molar-refractivity contribution is 7.99. The summed E-state index contributed by atoms with van der Waals surface area (Å²) in [7, 11) is 1.59. The first-order valence-electron chi connectivity index (χ1n) is 17.4. The number of alkyl carbamates (subject to hydrolysis) is 1. The Kier molecular flexibility index (Phi) is 11.3. The number of rotatable bonds is 10. The molecule has 0 radical (unpaired) electrons. The number of pyridine rings is 1. The van der Waals surface area contributed by atoms with Gasteiger partial charge in [-0.1, -0.05) is 35.5 Å². The third-order valence-electron chi connectivity index (χ3n) is 9.49. The number of fused-ring (bicyclic) bond motifs is 1. The third-order valence-corrected chi connectivity index (χ3v) is 11.1. The van der Waals surface area contributed by atoms with Crippen LogP contribution in [0.3, 0.4) is 0 Å². The van der Waals surface area contributed by atoms with E-state index < -0.39 is 11.7 Å². The Labute approximate surface area is 312 Å². The second kappa shape index (κ2) is 15.6. The molecule has 3 N–H and O–H groups in total. The molecule has 2 saturated heterocycles. The molecule has 0 aliphatic carbocycles. The molecular weight excluding hydrogens is 706 g/mol. The lowest BCUT2D eigenvalue weighted by molar-refractivity contribution is 0.0434. The van der Waals surface area contributed by atoms with E-state index in [1.807, 2.05) is 69.6 Å². The van der Waals surface area contributed by atoms with Gasteiger partial charge in [0.2, 0.25) is 0 Å². The molecule has 1 aromatic carbocycles. The van der Waals surface area contributed by atoms with E-state index >= 15 is 0 Å². The van der Waals surface area contributed by atoms with Gasteiger partial charge in [-0.25, -0.2) is 19.7 Å². The van der Waals surface area contributed by atoms with Crippen molar-refractivity contribution in [2.24, 2.45) is 5.41 Å². The van der Waals surface area contributed by atoms with Gasteiger partial charge in [0.05, 0.1) is 48.4 Å². The van der Waals surface area contributed by atoms with Crippen molar-refractivity contribution in [2.75, 3.05) is 44.9 Å². The van der Waals surface area contributed by atoms with E-state index in [9.17, 15) is 14.7 Å². The summed E-state index contributed by atoms with van der Waals surface area (Å²) in [6, 6.07) is 8.98. The number of methoxy groups -OCH3 is 1. The number of benzene rings is 1. The molecule has 2 atom stereocenters. The minimum atomic E-state index is -0.591. The maximum absolute atomic E-state index is 12.7. The number of carbonyl (C=O) groups is 2. The number of aromatic nitrogens is 4. The van der Waals surface area contributed by atoms with Crippen LogP contribution >= 0.6 is 23.4 Å². The van der Waals surface area contributed by atoms with E-state index in [1.54, 1.807) is 19.2 Å².